The number of rotatable bonds is 7. The van der Waals surface area contributed by atoms with Crippen molar-refractivity contribution in [2.75, 3.05) is 19.8 Å². The SMILES string of the molecule is CC(C)COc1ccc(C(O)=C2C(=O)C(=O)N(CCO)[C@H]2c2ccc(Br)cc2)cc1. The molecule has 2 aromatic rings. The molecule has 0 aliphatic carbocycles. The third kappa shape index (κ3) is 4.57. The summed E-state index contributed by atoms with van der Waals surface area (Å²) in [5, 5.41) is 20.4. The zero-order chi connectivity index (χ0) is 21.8. The average Bonchev–Trinajstić information content (AvgIpc) is 2.98. The number of likely N-dealkylation sites (tertiary alicyclic amines) is 1. The molecule has 0 aromatic heterocycles. The number of carbonyl (C=O) groups is 2. The zero-order valence-corrected chi connectivity index (χ0v) is 18.4. The Hall–Kier alpha value is -2.64. The van der Waals surface area contributed by atoms with Crippen LogP contribution in [0.15, 0.2) is 58.6 Å². The van der Waals surface area contributed by atoms with Crippen LogP contribution in [-0.4, -0.2) is 46.6 Å². The molecule has 0 unspecified atom stereocenters. The minimum atomic E-state index is -0.776. The van der Waals surface area contributed by atoms with Gasteiger partial charge in [-0.25, -0.2) is 0 Å². The number of hydrogen-bond acceptors (Lipinski definition) is 5. The quantitative estimate of drug-likeness (QED) is 0.361. The molecule has 1 fully saturated rings. The van der Waals surface area contributed by atoms with Gasteiger partial charge in [-0.2, -0.15) is 0 Å². The molecule has 0 radical (unpaired) electrons. The molecule has 1 atom stereocenters. The summed E-state index contributed by atoms with van der Waals surface area (Å²) < 4.78 is 6.51. The fourth-order valence-electron chi connectivity index (χ4n) is 3.34. The fourth-order valence-corrected chi connectivity index (χ4v) is 3.60. The van der Waals surface area contributed by atoms with Gasteiger partial charge in [0.2, 0.25) is 0 Å². The van der Waals surface area contributed by atoms with Gasteiger partial charge in [-0.3, -0.25) is 9.59 Å². The number of hydrogen-bond donors (Lipinski definition) is 2. The van der Waals surface area contributed by atoms with Gasteiger partial charge in [-0.05, 0) is 47.9 Å². The Morgan fingerprint density at radius 2 is 1.73 bits per heavy atom. The van der Waals surface area contributed by atoms with E-state index in [1.165, 1.54) is 4.90 Å². The first-order chi connectivity index (χ1) is 14.3. The molecular weight excluding hydrogens is 450 g/mol. The second-order valence-corrected chi connectivity index (χ2v) is 8.41. The highest BCUT2D eigenvalue weighted by Gasteiger charge is 2.45. The third-order valence-electron chi connectivity index (χ3n) is 4.78. The van der Waals surface area contributed by atoms with Crippen LogP contribution in [0.25, 0.3) is 5.76 Å². The maximum Gasteiger partial charge on any atom is 0.295 e. The lowest BCUT2D eigenvalue weighted by Crippen LogP contribution is -2.32. The molecular formula is C23H24BrNO5. The highest BCUT2D eigenvalue weighted by Crippen LogP contribution is 2.39. The van der Waals surface area contributed by atoms with Gasteiger partial charge < -0.3 is 19.8 Å². The highest BCUT2D eigenvalue weighted by molar-refractivity contribution is 9.10. The summed E-state index contributed by atoms with van der Waals surface area (Å²) in [6.45, 7) is 4.37. The fraction of sp³-hybridized carbons (Fsp3) is 0.304. The van der Waals surface area contributed by atoms with Gasteiger partial charge in [0.25, 0.3) is 11.7 Å². The van der Waals surface area contributed by atoms with E-state index in [4.69, 9.17) is 4.74 Å². The van der Waals surface area contributed by atoms with E-state index >= 15 is 0 Å². The lowest BCUT2D eigenvalue weighted by atomic mass is 9.95. The number of aliphatic hydroxyl groups is 2. The van der Waals surface area contributed by atoms with Crippen LogP contribution in [0, 0.1) is 5.92 Å². The van der Waals surface area contributed by atoms with Crippen LogP contribution in [-0.2, 0) is 9.59 Å². The molecule has 1 heterocycles. The third-order valence-corrected chi connectivity index (χ3v) is 5.31. The van der Waals surface area contributed by atoms with Crippen molar-refractivity contribution < 1.29 is 24.5 Å². The van der Waals surface area contributed by atoms with E-state index in [1.807, 2.05) is 13.8 Å². The van der Waals surface area contributed by atoms with Crippen LogP contribution in [0.3, 0.4) is 0 Å². The number of amides is 1. The molecule has 2 aromatic carbocycles. The Morgan fingerprint density at radius 3 is 2.30 bits per heavy atom. The highest BCUT2D eigenvalue weighted by atomic mass is 79.9. The molecule has 30 heavy (non-hydrogen) atoms. The van der Waals surface area contributed by atoms with Crippen molar-refractivity contribution in [3.8, 4) is 5.75 Å². The molecule has 0 spiro atoms. The normalized spacial score (nSPS) is 18.3. The molecule has 0 bridgehead atoms. The van der Waals surface area contributed by atoms with E-state index in [9.17, 15) is 19.8 Å². The lowest BCUT2D eigenvalue weighted by molar-refractivity contribution is -0.140. The molecule has 1 aliphatic heterocycles. The molecule has 1 amide bonds. The van der Waals surface area contributed by atoms with Crippen molar-refractivity contribution in [3.05, 3.63) is 69.7 Å². The van der Waals surface area contributed by atoms with Crippen molar-refractivity contribution in [3.63, 3.8) is 0 Å². The Labute approximate surface area is 183 Å². The molecule has 6 nitrogen and oxygen atoms in total. The van der Waals surface area contributed by atoms with Crippen molar-refractivity contribution in [1.82, 2.24) is 4.90 Å². The second kappa shape index (κ2) is 9.45. The minimum Gasteiger partial charge on any atom is -0.507 e. The van der Waals surface area contributed by atoms with Crippen molar-refractivity contribution in [2.45, 2.75) is 19.9 Å². The predicted molar refractivity (Wildman–Crippen MR) is 117 cm³/mol. The van der Waals surface area contributed by atoms with Crippen LogP contribution < -0.4 is 4.74 Å². The Morgan fingerprint density at radius 1 is 1.10 bits per heavy atom. The van der Waals surface area contributed by atoms with Crippen molar-refractivity contribution >= 4 is 33.4 Å². The van der Waals surface area contributed by atoms with Crippen LogP contribution in [0.4, 0.5) is 0 Å². The lowest BCUT2D eigenvalue weighted by Gasteiger charge is -2.24. The minimum absolute atomic E-state index is 0.00613. The molecule has 0 saturated carbocycles. The number of ether oxygens (including phenoxy) is 1. The number of ketones is 1. The number of benzene rings is 2. The number of Topliss-reactive ketones (excluding diaryl/α,β-unsaturated/α-hetero) is 1. The number of β-amino-alcohol motifs (C(OH)–C–C–N with tert-alkyl or cyclic N) is 1. The van der Waals surface area contributed by atoms with Crippen molar-refractivity contribution in [1.29, 1.82) is 0 Å². The van der Waals surface area contributed by atoms with Gasteiger partial charge in [0.1, 0.15) is 11.5 Å². The molecule has 7 heteroatoms. The van der Waals surface area contributed by atoms with Crippen LogP contribution in [0.2, 0.25) is 0 Å². The van der Waals surface area contributed by atoms with E-state index in [0.29, 0.717) is 29.4 Å². The largest absolute Gasteiger partial charge is 0.507 e. The smallest absolute Gasteiger partial charge is 0.295 e. The van der Waals surface area contributed by atoms with Crippen LogP contribution in [0.5, 0.6) is 5.75 Å². The second-order valence-electron chi connectivity index (χ2n) is 7.50. The molecule has 2 N–H and O–H groups in total. The number of aliphatic hydroxyl groups excluding tert-OH is 2. The number of nitrogens with zero attached hydrogens (tertiary/aromatic N) is 1. The van der Waals surface area contributed by atoms with Gasteiger partial charge in [-0.15, -0.1) is 0 Å². The summed E-state index contributed by atoms with van der Waals surface area (Å²) in [5.74, 6) is -0.724. The van der Waals surface area contributed by atoms with E-state index in [-0.39, 0.29) is 24.5 Å². The van der Waals surface area contributed by atoms with Crippen LogP contribution in [0.1, 0.15) is 31.0 Å². The molecule has 158 valence electrons. The first kappa shape index (κ1) is 22.1. The summed E-state index contributed by atoms with van der Waals surface area (Å²) in [6, 6.07) is 13.1. The maximum atomic E-state index is 12.8. The topological polar surface area (TPSA) is 87.1 Å². The molecule has 1 saturated heterocycles. The van der Waals surface area contributed by atoms with Gasteiger partial charge in [-0.1, -0.05) is 41.9 Å². The monoisotopic (exact) mass is 473 g/mol. The first-order valence-electron chi connectivity index (χ1n) is 9.71. The maximum absolute atomic E-state index is 12.8. The summed E-state index contributed by atoms with van der Waals surface area (Å²) in [6.07, 6.45) is 0. The van der Waals surface area contributed by atoms with E-state index in [1.54, 1.807) is 48.5 Å². The summed E-state index contributed by atoms with van der Waals surface area (Å²) >= 11 is 3.37. The van der Waals surface area contributed by atoms with Gasteiger partial charge in [0.05, 0.1) is 24.8 Å². The van der Waals surface area contributed by atoms with Crippen molar-refractivity contribution in [2.24, 2.45) is 5.92 Å². The predicted octanol–water partition coefficient (Wildman–Crippen LogP) is 3.90. The number of carbonyl (C=O) groups excluding carboxylic acids is 2. The molecule has 1 aliphatic rings. The van der Waals surface area contributed by atoms with E-state index < -0.39 is 17.7 Å². The Balaban J connectivity index is 2.02. The average molecular weight is 474 g/mol. The first-order valence-corrected chi connectivity index (χ1v) is 10.5. The van der Waals surface area contributed by atoms with Crippen LogP contribution >= 0.6 is 15.9 Å². The summed E-state index contributed by atoms with van der Waals surface area (Å²) in [4.78, 5) is 26.7. The Kier molecular flexibility index (Phi) is 6.95. The molecule has 3 rings (SSSR count). The number of halogens is 1. The van der Waals surface area contributed by atoms with Gasteiger partial charge in [0, 0.05) is 16.6 Å². The zero-order valence-electron chi connectivity index (χ0n) is 16.8. The Bertz CT molecular complexity index is 951. The van der Waals surface area contributed by atoms with Gasteiger partial charge in [0.15, 0.2) is 0 Å². The van der Waals surface area contributed by atoms with E-state index in [0.717, 1.165) is 4.47 Å². The summed E-state index contributed by atoms with van der Waals surface area (Å²) in [7, 11) is 0. The standard InChI is InChI=1S/C23H24BrNO5/c1-14(2)13-30-18-9-5-16(6-10-18)21(27)19-20(15-3-7-17(24)8-4-15)25(11-12-26)23(29)22(19)28/h3-10,14,20,26-27H,11-13H2,1-2H3/t20-/m0/s1. The van der Waals surface area contributed by atoms with E-state index in [2.05, 4.69) is 15.9 Å². The summed E-state index contributed by atoms with van der Waals surface area (Å²) in [5.41, 5.74) is 1.09. The van der Waals surface area contributed by atoms with Gasteiger partial charge >= 0.3 is 0 Å².